The molecule has 0 bridgehead atoms. The second kappa shape index (κ2) is 4.37. The minimum absolute atomic E-state index is 0.105. The zero-order valence-corrected chi connectivity index (χ0v) is 9.35. The molecule has 0 fully saturated rings. The van der Waals surface area contributed by atoms with Crippen molar-refractivity contribution >= 4 is 5.97 Å². The topological polar surface area (TPSA) is 63.3 Å². The van der Waals surface area contributed by atoms with Gasteiger partial charge in [-0.05, 0) is 31.9 Å². The van der Waals surface area contributed by atoms with Gasteiger partial charge in [0, 0.05) is 5.54 Å². The van der Waals surface area contributed by atoms with Crippen LogP contribution in [-0.2, 0) is 6.42 Å². The van der Waals surface area contributed by atoms with E-state index in [9.17, 15) is 18.0 Å². The molecule has 0 aliphatic rings. The predicted molar refractivity (Wildman–Crippen MR) is 55.2 cm³/mol. The molecule has 0 amide bonds. The first-order valence-electron chi connectivity index (χ1n) is 4.82. The lowest BCUT2D eigenvalue weighted by molar-refractivity contribution is 0.0685. The summed E-state index contributed by atoms with van der Waals surface area (Å²) in [6.07, 6.45) is -0.105. The highest BCUT2D eigenvalue weighted by Crippen LogP contribution is 2.22. The molecular formula is C11H12F3NO2. The Morgan fingerprint density at radius 3 is 2.29 bits per heavy atom. The van der Waals surface area contributed by atoms with Crippen LogP contribution in [-0.4, -0.2) is 16.6 Å². The first kappa shape index (κ1) is 13.5. The van der Waals surface area contributed by atoms with E-state index in [4.69, 9.17) is 10.8 Å². The van der Waals surface area contributed by atoms with Gasteiger partial charge in [-0.1, -0.05) is 0 Å². The zero-order valence-electron chi connectivity index (χ0n) is 9.35. The predicted octanol–water partition coefficient (Wildman–Crippen LogP) is 2.08. The molecule has 6 heteroatoms. The maximum Gasteiger partial charge on any atom is 0.341 e. The van der Waals surface area contributed by atoms with Crippen LogP contribution in [0.15, 0.2) is 6.07 Å². The van der Waals surface area contributed by atoms with E-state index in [1.165, 1.54) is 0 Å². The minimum Gasteiger partial charge on any atom is -0.477 e. The molecule has 0 aromatic heterocycles. The highest BCUT2D eigenvalue weighted by molar-refractivity contribution is 5.88. The molecule has 1 aromatic rings. The highest BCUT2D eigenvalue weighted by Gasteiger charge is 2.25. The smallest absolute Gasteiger partial charge is 0.341 e. The van der Waals surface area contributed by atoms with Gasteiger partial charge in [0.1, 0.15) is 11.4 Å². The maximum absolute atomic E-state index is 13.5. The Balaban J connectivity index is 3.34. The fraction of sp³-hybridized carbons (Fsp3) is 0.364. The van der Waals surface area contributed by atoms with Crippen molar-refractivity contribution in [1.29, 1.82) is 0 Å². The van der Waals surface area contributed by atoms with Crippen LogP contribution < -0.4 is 5.73 Å². The summed E-state index contributed by atoms with van der Waals surface area (Å²) < 4.78 is 40.1. The Morgan fingerprint density at radius 2 is 1.88 bits per heavy atom. The summed E-state index contributed by atoms with van der Waals surface area (Å²) in [6, 6.07) is 0.663. The molecule has 0 aliphatic heterocycles. The van der Waals surface area contributed by atoms with E-state index in [0.29, 0.717) is 6.07 Å². The van der Waals surface area contributed by atoms with Crippen molar-refractivity contribution in [3.63, 3.8) is 0 Å². The van der Waals surface area contributed by atoms with Gasteiger partial charge in [-0.15, -0.1) is 0 Å². The number of carboxylic acids is 1. The van der Waals surface area contributed by atoms with Gasteiger partial charge in [0.2, 0.25) is 0 Å². The van der Waals surface area contributed by atoms with Crippen LogP contribution in [0.5, 0.6) is 0 Å². The van der Waals surface area contributed by atoms with Crippen molar-refractivity contribution in [2.45, 2.75) is 25.8 Å². The molecular weight excluding hydrogens is 235 g/mol. The van der Waals surface area contributed by atoms with Gasteiger partial charge < -0.3 is 10.8 Å². The highest BCUT2D eigenvalue weighted by atomic mass is 19.2. The van der Waals surface area contributed by atoms with Crippen LogP contribution in [0.3, 0.4) is 0 Å². The average molecular weight is 247 g/mol. The summed E-state index contributed by atoms with van der Waals surface area (Å²) in [4.78, 5) is 10.5. The van der Waals surface area contributed by atoms with Crippen molar-refractivity contribution in [2.75, 3.05) is 0 Å². The lowest BCUT2D eigenvalue weighted by Crippen LogP contribution is -2.35. The van der Waals surface area contributed by atoms with E-state index in [-0.39, 0.29) is 12.0 Å². The molecule has 0 aliphatic carbocycles. The molecule has 0 atom stereocenters. The average Bonchev–Trinajstić information content (AvgIpc) is 2.10. The fourth-order valence-electron chi connectivity index (χ4n) is 1.46. The number of halogens is 3. The largest absolute Gasteiger partial charge is 0.477 e. The van der Waals surface area contributed by atoms with E-state index >= 15 is 0 Å². The van der Waals surface area contributed by atoms with E-state index in [1.54, 1.807) is 13.8 Å². The van der Waals surface area contributed by atoms with Crippen LogP contribution in [0.2, 0.25) is 0 Å². The van der Waals surface area contributed by atoms with Crippen molar-refractivity contribution in [1.82, 2.24) is 0 Å². The van der Waals surface area contributed by atoms with E-state index in [1.807, 2.05) is 0 Å². The maximum atomic E-state index is 13.5. The van der Waals surface area contributed by atoms with Gasteiger partial charge in [-0.25, -0.2) is 18.0 Å². The lowest BCUT2D eigenvalue weighted by Gasteiger charge is -2.19. The van der Waals surface area contributed by atoms with Gasteiger partial charge >= 0.3 is 5.97 Å². The summed E-state index contributed by atoms with van der Waals surface area (Å²) in [7, 11) is 0. The number of benzene rings is 1. The monoisotopic (exact) mass is 247 g/mol. The Labute approximate surface area is 96.0 Å². The number of nitrogens with two attached hydrogens (primary N) is 1. The number of carboxylic acid groups (broad SMARTS) is 1. The molecule has 0 radical (unpaired) electrons. The standard InChI is InChI=1S/C11H12F3NO2/c1-11(2,15)4-5-3-6(12)7(10(16)17)9(14)8(5)13/h3H,4,15H2,1-2H3,(H,16,17). The number of aromatic carboxylic acids is 1. The molecule has 0 saturated carbocycles. The van der Waals surface area contributed by atoms with Crippen molar-refractivity contribution < 1.29 is 23.1 Å². The third-order valence-corrected chi connectivity index (χ3v) is 2.09. The molecule has 0 spiro atoms. The van der Waals surface area contributed by atoms with Crippen molar-refractivity contribution in [2.24, 2.45) is 5.73 Å². The minimum atomic E-state index is -1.85. The van der Waals surface area contributed by atoms with Crippen LogP contribution in [0, 0.1) is 17.5 Å². The normalized spacial score (nSPS) is 11.6. The zero-order chi connectivity index (χ0) is 13.4. The third-order valence-electron chi connectivity index (χ3n) is 2.09. The Hall–Kier alpha value is -1.56. The van der Waals surface area contributed by atoms with Crippen LogP contribution >= 0.6 is 0 Å². The first-order valence-corrected chi connectivity index (χ1v) is 4.82. The number of carbonyl (C=O) groups is 1. The molecule has 1 aromatic carbocycles. The van der Waals surface area contributed by atoms with E-state index in [2.05, 4.69) is 0 Å². The van der Waals surface area contributed by atoms with E-state index in [0.717, 1.165) is 0 Å². The van der Waals surface area contributed by atoms with E-state index < -0.39 is 34.5 Å². The quantitative estimate of drug-likeness (QED) is 0.804. The second-order valence-corrected chi connectivity index (χ2v) is 4.49. The van der Waals surface area contributed by atoms with Crippen LogP contribution in [0.1, 0.15) is 29.8 Å². The molecule has 17 heavy (non-hydrogen) atoms. The molecule has 0 unspecified atom stereocenters. The molecule has 3 nitrogen and oxygen atoms in total. The molecule has 0 heterocycles. The lowest BCUT2D eigenvalue weighted by atomic mass is 9.94. The third kappa shape index (κ3) is 2.97. The van der Waals surface area contributed by atoms with Gasteiger partial charge in [-0.2, -0.15) is 0 Å². The summed E-state index contributed by atoms with van der Waals surface area (Å²) in [5.74, 6) is -6.23. The molecule has 94 valence electrons. The van der Waals surface area contributed by atoms with Gasteiger partial charge in [0.15, 0.2) is 11.6 Å². The number of rotatable bonds is 3. The number of hydrogen-bond acceptors (Lipinski definition) is 2. The summed E-state index contributed by atoms with van der Waals surface area (Å²) in [6.45, 7) is 3.13. The van der Waals surface area contributed by atoms with Crippen LogP contribution in [0.25, 0.3) is 0 Å². The summed E-state index contributed by atoms with van der Waals surface area (Å²) in [5.41, 5.74) is 3.18. The molecule has 3 N–H and O–H groups in total. The first-order chi connectivity index (χ1) is 7.63. The summed E-state index contributed by atoms with van der Waals surface area (Å²) in [5, 5.41) is 8.52. The Bertz CT molecular complexity index is 467. The van der Waals surface area contributed by atoms with Crippen LogP contribution in [0.4, 0.5) is 13.2 Å². The fourth-order valence-corrected chi connectivity index (χ4v) is 1.46. The Morgan fingerprint density at radius 1 is 1.35 bits per heavy atom. The number of hydrogen-bond donors (Lipinski definition) is 2. The van der Waals surface area contributed by atoms with Crippen molar-refractivity contribution in [3.8, 4) is 0 Å². The SMILES string of the molecule is CC(C)(N)Cc1cc(F)c(C(=O)O)c(F)c1F. The van der Waals surface area contributed by atoms with Crippen molar-refractivity contribution in [3.05, 3.63) is 34.6 Å². The summed E-state index contributed by atoms with van der Waals surface area (Å²) >= 11 is 0. The second-order valence-electron chi connectivity index (χ2n) is 4.49. The van der Waals surface area contributed by atoms with Gasteiger partial charge in [0.25, 0.3) is 0 Å². The van der Waals surface area contributed by atoms with Gasteiger partial charge in [0.05, 0.1) is 0 Å². The molecule has 1 rings (SSSR count). The Kier molecular flexibility index (Phi) is 3.47. The molecule has 0 saturated heterocycles. The van der Waals surface area contributed by atoms with Gasteiger partial charge in [-0.3, -0.25) is 0 Å².